The summed E-state index contributed by atoms with van der Waals surface area (Å²) in [4.78, 5) is 2.72. The Labute approximate surface area is 503 Å². The lowest BCUT2D eigenvalue weighted by Crippen LogP contribution is -2.61. The van der Waals surface area contributed by atoms with Gasteiger partial charge in [0.2, 0.25) is 0 Å². The molecule has 0 bridgehead atoms. The maximum atomic E-state index is 11.7. The molecule has 0 saturated carbocycles. The minimum atomic E-state index is -2.06. The highest BCUT2D eigenvalue weighted by molar-refractivity contribution is 7.25. The lowest BCUT2D eigenvalue weighted by atomic mass is 9.33. The number of para-hydroxylation sites is 1. The highest BCUT2D eigenvalue weighted by atomic mass is 32.1. The van der Waals surface area contributed by atoms with Crippen LogP contribution in [0.15, 0.2) is 169 Å². The zero-order valence-corrected chi connectivity index (χ0v) is 45.5. The summed E-state index contributed by atoms with van der Waals surface area (Å²) < 4.78 is 280. The van der Waals surface area contributed by atoms with Crippen LogP contribution in [0.1, 0.15) is 149 Å². The molecule has 382 valence electrons. The first-order valence-corrected chi connectivity index (χ1v) is 26.2. The molecule has 2 aromatic heterocycles. The quantitative estimate of drug-likeness (QED) is 0.165. The number of hydrogen-bond acceptors (Lipinski definition) is 5. The van der Waals surface area contributed by atoms with E-state index in [-0.39, 0.29) is 87.7 Å². The predicted molar refractivity (Wildman–Crippen MR) is 335 cm³/mol. The average Bonchev–Trinajstić information content (AvgIpc) is 1.17. The number of fused-ring (bicyclic) bond motifs is 12. The van der Waals surface area contributed by atoms with Gasteiger partial charge in [0.05, 0.1) is 78.1 Å². The van der Waals surface area contributed by atoms with Crippen LogP contribution in [0.3, 0.4) is 0 Å². The first kappa shape index (κ1) is 27.0. The van der Waals surface area contributed by atoms with Crippen molar-refractivity contribution in [3.63, 3.8) is 0 Å². The van der Waals surface area contributed by atoms with Crippen LogP contribution in [0.25, 0.3) is 47.7 Å². The van der Waals surface area contributed by atoms with E-state index in [1.807, 2.05) is 6.07 Å². The molecule has 11 aromatic rings. The second kappa shape index (κ2) is 16.5. The number of nitriles is 1. The number of rotatable bonds is 4. The number of aromatic nitrogens is 1. The summed E-state index contributed by atoms with van der Waals surface area (Å²) in [6.07, 6.45) is 0. The summed E-state index contributed by atoms with van der Waals surface area (Å²) in [6.45, 7) is 17.9. The van der Waals surface area contributed by atoms with Gasteiger partial charge in [0.15, 0.2) is 0 Å². The normalized spacial score (nSPS) is 18.8. The van der Waals surface area contributed by atoms with Crippen molar-refractivity contribution in [1.29, 1.82) is 5.26 Å². The van der Waals surface area contributed by atoms with Crippen molar-refractivity contribution in [1.82, 2.24) is 4.57 Å². The van der Waals surface area contributed by atoms with Gasteiger partial charge >= 0.3 is 0 Å². The van der Waals surface area contributed by atoms with Gasteiger partial charge in [-0.05, 0) is 157 Å². The van der Waals surface area contributed by atoms with E-state index in [9.17, 15) is 38.2 Å². The van der Waals surface area contributed by atoms with E-state index in [1.54, 1.807) is 83.1 Å². The molecule has 0 amide bonds. The summed E-state index contributed by atoms with van der Waals surface area (Å²) in [5, 5.41) is 10.9. The number of benzene rings is 9. The Balaban J connectivity index is 1.28. The van der Waals surface area contributed by atoms with Crippen LogP contribution in [0.4, 0.5) is 51.2 Å². The summed E-state index contributed by atoms with van der Waals surface area (Å²) >= 11 is 0.608. The van der Waals surface area contributed by atoms with E-state index in [1.165, 1.54) is 9.47 Å². The minimum Gasteiger partial charge on any atom is -0.311 e. The molecule has 0 saturated heterocycles. The first-order chi connectivity index (χ1) is 48.9. The monoisotopic (exact) mass is 1060 g/mol. The molecule has 0 radical (unpaired) electrons. The van der Waals surface area contributed by atoms with Gasteiger partial charge in [-0.1, -0.05) is 156 Å². The lowest BCUT2D eigenvalue weighted by Gasteiger charge is -2.46. The molecule has 9 aromatic carbocycles. The van der Waals surface area contributed by atoms with Crippen molar-refractivity contribution in [2.75, 3.05) is 14.7 Å². The van der Waals surface area contributed by atoms with E-state index >= 15 is 0 Å². The van der Waals surface area contributed by atoms with Crippen molar-refractivity contribution in [2.24, 2.45) is 0 Å². The molecule has 0 spiro atoms. The maximum absolute atomic E-state index is 11.7. The van der Waals surface area contributed by atoms with E-state index < -0.39 is 253 Å². The van der Waals surface area contributed by atoms with Crippen LogP contribution >= 0.6 is 11.3 Å². The summed E-state index contributed by atoms with van der Waals surface area (Å²) in [6, 6.07) is -19.4. The standard InChI is InChI=1S/C71H64BN5S/c1-68(2,3)43-20-25-47(26-21-43)74(48-27-22-44(23-28-48)69(4,5)6)49-30-32-55-59(39-49)75(50-29-31-52-51-16-13-14-19-63(51)78-64(52)40-50)60-34-42(41-73)35-61-65(60)72(55)56-17-15-18-58-67(56)77(61)62-38-46(71(10,11)12)37-54-53-36-45(70(7,8)9)24-33-57(53)76(58)66(54)62/h13-40H,1-12H3/i13D,14D,15D,16D,17D,18D,19D,20D,21D,22D,23D,24D,25D,26D,27D,28D,29D,30D,31D,32D,33D,34D,35D,36D,37D,38D,39D,40D. The van der Waals surface area contributed by atoms with Crippen LogP contribution in [-0.2, 0) is 21.7 Å². The van der Waals surface area contributed by atoms with Gasteiger partial charge < -0.3 is 19.3 Å². The molecule has 3 aliphatic rings. The van der Waals surface area contributed by atoms with Crippen LogP contribution in [0.2, 0.25) is 0 Å². The zero-order chi connectivity index (χ0) is 78.5. The van der Waals surface area contributed by atoms with Gasteiger partial charge in [0.1, 0.15) is 0 Å². The Kier molecular flexibility index (Phi) is 5.71. The molecule has 7 heteroatoms. The molecule has 0 atom stereocenters. The SMILES string of the molecule is [2H]c1c([2H])c2c3c(c1[2H])-n1c4c([2H])c([2H])c(C(C)(C)C)c([2H])c4c4c([2H])c(C(C)(C)C)c([2H])c(c41)N3c1c([2H])c(C#N)c([2H])c3c1B2c1c([2H])c([2H])c(N(c2c([2H])c([2H])c(C(C)(C)C)c([2H])c2[2H])c2c([2H])c([2H])c(C(C)(C)C)c([2H])c2[2H])c([2H])c1N3c1c([2H])c([2H])c2c(sc3c([2H])c([2H])c([2H])c([2H])c32)c1[2H]. The van der Waals surface area contributed by atoms with Crippen molar-refractivity contribution < 1.29 is 38.4 Å². The Bertz CT molecular complexity index is 5970. The highest BCUT2D eigenvalue weighted by Crippen LogP contribution is 2.55. The van der Waals surface area contributed by atoms with Gasteiger partial charge in [-0.15, -0.1) is 11.3 Å². The maximum Gasteiger partial charge on any atom is 0.252 e. The summed E-state index contributed by atoms with van der Waals surface area (Å²) in [5.74, 6) is 0. The summed E-state index contributed by atoms with van der Waals surface area (Å²) in [5.41, 5.74) is -14.1. The molecule has 0 aliphatic carbocycles. The van der Waals surface area contributed by atoms with Gasteiger partial charge in [0, 0.05) is 70.8 Å². The Morgan fingerprint density at radius 2 is 1.06 bits per heavy atom. The second-order valence-electron chi connectivity index (χ2n) is 23.9. The molecule has 3 aliphatic heterocycles. The fourth-order valence-electron chi connectivity index (χ4n) is 10.4. The van der Waals surface area contributed by atoms with E-state index in [0.717, 1.165) is 4.90 Å². The average molecular weight is 1060 g/mol. The van der Waals surface area contributed by atoms with E-state index in [4.69, 9.17) is 5.48 Å². The number of hydrogen-bond donors (Lipinski definition) is 0. The first-order valence-electron chi connectivity index (χ1n) is 39.4. The Hall–Kier alpha value is -8.05. The Morgan fingerprint density at radius 3 is 1.72 bits per heavy atom. The molecule has 0 N–H and O–H groups in total. The van der Waals surface area contributed by atoms with Crippen LogP contribution in [-0.4, -0.2) is 11.3 Å². The second-order valence-corrected chi connectivity index (χ2v) is 25.0. The van der Waals surface area contributed by atoms with Gasteiger partial charge in [-0.3, -0.25) is 0 Å². The number of thiophene rings is 1. The van der Waals surface area contributed by atoms with Gasteiger partial charge in [-0.2, -0.15) is 5.26 Å². The fourth-order valence-corrected chi connectivity index (χ4v) is 11.4. The van der Waals surface area contributed by atoms with Crippen molar-refractivity contribution in [3.05, 3.63) is 197 Å². The smallest absolute Gasteiger partial charge is 0.252 e. The third-order valence-corrected chi connectivity index (χ3v) is 15.4. The molecule has 78 heavy (non-hydrogen) atoms. The molecule has 0 unspecified atom stereocenters. The van der Waals surface area contributed by atoms with Crippen molar-refractivity contribution >= 4 is 128 Å². The fraction of sp³-hybridized carbons (Fsp3) is 0.225. The van der Waals surface area contributed by atoms with Crippen LogP contribution in [0.5, 0.6) is 0 Å². The number of nitrogens with zero attached hydrogens (tertiary/aromatic N) is 5. The number of anilines is 9. The van der Waals surface area contributed by atoms with Gasteiger partial charge in [0.25, 0.3) is 6.71 Å². The largest absolute Gasteiger partial charge is 0.311 e. The molecule has 14 rings (SSSR count). The predicted octanol–water partition coefficient (Wildman–Crippen LogP) is 18.1. The van der Waals surface area contributed by atoms with Crippen molar-refractivity contribution in [3.8, 4) is 11.8 Å². The van der Waals surface area contributed by atoms with E-state index in [0.29, 0.717) is 16.2 Å². The third kappa shape index (κ3) is 7.18. The van der Waals surface area contributed by atoms with Gasteiger partial charge in [-0.25, -0.2) is 0 Å². The van der Waals surface area contributed by atoms with Crippen LogP contribution < -0.4 is 31.1 Å². The minimum absolute atomic E-state index is 0.00512. The Morgan fingerprint density at radius 1 is 0.462 bits per heavy atom. The topological polar surface area (TPSA) is 38.4 Å². The summed E-state index contributed by atoms with van der Waals surface area (Å²) in [7, 11) is 0. The molecule has 0 fully saturated rings. The van der Waals surface area contributed by atoms with E-state index in [2.05, 4.69) is 0 Å². The van der Waals surface area contributed by atoms with Crippen LogP contribution in [0, 0.1) is 11.3 Å². The molecule has 5 heterocycles. The zero-order valence-electron chi connectivity index (χ0n) is 72.7. The molecular weight excluding hydrogens is 966 g/mol. The lowest BCUT2D eigenvalue weighted by molar-refractivity contribution is 0.590. The molecular formula is C71H64BN5S. The highest BCUT2D eigenvalue weighted by Gasteiger charge is 2.47. The van der Waals surface area contributed by atoms with Crippen molar-refractivity contribution in [2.45, 2.75) is 105 Å². The molecule has 5 nitrogen and oxygen atoms in total. The third-order valence-electron chi connectivity index (χ3n) is 14.4.